The Hall–Kier alpha value is -3.12. The van der Waals surface area contributed by atoms with Crippen molar-refractivity contribution in [1.29, 1.82) is 0 Å². The molecule has 1 aromatic heterocycles. The van der Waals surface area contributed by atoms with Gasteiger partial charge in [0.25, 0.3) is 0 Å². The molecule has 158 valence electrons. The zero-order chi connectivity index (χ0) is 21.4. The molecule has 1 fully saturated rings. The van der Waals surface area contributed by atoms with Gasteiger partial charge < -0.3 is 9.80 Å². The van der Waals surface area contributed by atoms with Crippen molar-refractivity contribution in [2.75, 3.05) is 13.1 Å². The third-order valence-electron chi connectivity index (χ3n) is 6.12. The standard InChI is InChI=1S/C24H23ClN4O2/c25-19-8-4-7-17(11-19)23-20-15-28(10-9-21(20)26-27-23)24(31)18-12-22(30)29(14-18)13-16-5-2-1-3-6-16/h1-8,11,18H,9-10,12-15H2,(H,26,27). The van der Waals surface area contributed by atoms with Crippen molar-refractivity contribution < 1.29 is 9.59 Å². The van der Waals surface area contributed by atoms with Gasteiger partial charge in [-0.2, -0.15) is 5.10 Å². The number of H-pyrrole nitrogens is 1. The molecule has 2 amide bonds. The fourth-order valence-corrected chi connectivity index (χ4v) is 4.70. The zero-order valence-corrected chi connectivity index (χ0v) is 17.8. The first-order valence-corrected chi connectivity index (χ1v) is 10.9. The second-order valence-electron chi connectivity index (χ2n) is 8.21. The molecule has 7 heteroatoms. The van der Waals surface area contributed by atoms with E-state index in [0.29, 0.717) is 31.2 Å². The Morgan fingerprint density at radius 1 is 1.16 bits per heavy atom. The lowest BCUT2D eigenvalue weighted by molar-refractivity contribution is -0.136. The van der Waals surface area contributed by atoms with Crippen molar-refractivity contribution in [3.05, 3.63) is 76.4 Å². The normalized spacial score (nSPS) is 18.4. The number of carbonyl (C=O) groups excluding carboxylic acids is 2. The van der Waals surface area contributed by atoms with Gasteiger partial charge in [0.05, 0.1) is 11.6 Å². The molecular formula is C24H23ClN4O2. The Labute approximate surface area is 185 Å². The number of benzene rings is 2. The van der Waals surface area contributed by atoms with Crippen LogP contribution in [0, 0.1) is 5.92 Å². The summed E-state index contributed by atoms with van der Waals surface area (Å²) in [6.07, 6.45) is 1.00. The highest BCUT2D eigenvalue weighted by Gasteiger charge is 2.37. The molecule has 31 heavy (non-hydrogen) atoms. The minimum atomic E-state index is -0.292. The van der Waals surface area contributed by atoms with Crippen LogP contribution in [0.2, 0.25) is 5.02 Å². The van der Waals surface area contributed by atoms with Crippen molar-refractivity contribution in [3.8, 4) is 11.3 Å². The number of amides is 2. The summed E-state index contributed by atoms with van der Waals surface area (Å²) in [5.41, 5.74) is 4.95. The molecule has 2 aliphatic heterocycles. The van der Waals surface area contributed by atoms with Gasteiger partial charge in [0, 0.05) is 60.9 Å². The van der Waals surface area contributed by atoms with Crippen molar-refractivity contribution in [3.63, 3.8) is 0 Å². The quantitative estimate of drug-likeness (QED) is 0.681. The summed E-state index contributed by atoms with van der Waals surface area (Å²) in [7, 11) is 0. The minimum Gasteiger partial charge on any atom is -0.338 e. The van der Waals surface area contributed by atoms with Gasteiger partial charge in [0.15, 0.2) is 0 Å². The van der Waals surface area contributed by atoms with Crippen molar-refractivity contribution in [2.45, 2.75) is 25.9 Å². The van der Waals surface area contributed by atoms with Crippen LogP contribution in [0.3, 0.4) is 0 Å². The molecule has 3 heterocycles. The second kappa shape index (κ2) is 8.19. The van der Waals surface area contributed by atoms with Crippen LogP contribution in [-0.2, 0) is 29.1 Å². The third-order valence-corrected chi connectivity index (χ3v) is 6.36. The Kier molecular flexibility index (Phi) is 5.24. The maximum Gasteiger partial charge on any atom is 0.228 e. The van der Waals surface area contributed by atoms with Gasteiger partial charge in [0.2, 0.25) is 11.8 Å². The fraction of sp³-hybridized carbons (Fsp3) is 0.292. The third kappa shape index (κ3) is 3.95. The summed E-state index contributed by atoms with van der Waals surface area (Å²) in [5, 5.41) is 8.26. The van der Waals surface area contributed by atoms with Crippen LogP contribution in [0.4, 0.5) is 0 Å². The van der Waals surface area contributed by atoms with Crippen LogP contribution in [0.1, 0.15) is 23.2 Å². The van der Waals surface area contributed by atoms with Crippen LogP contribution in [0.5, 0.6) is 0 Å². The molecule has 1 N–H and O–H groups in total. The summed E-state index contributed by atoms with van der Waals surface area (Å²) in [6, 6.07) is 17.5. The Balaban J connectivity index is 1.30. The van der Waals surface area contributed by atoms with E-state index in [2.05, 4.69) is 10.2 Å². The number of fused-ring (bicyclic) bond motifs is 1. The molecule has 2 aliphatic rings. The molecule has 5 rings (SSSR count). The lowest BCUT2D eigenvalue weighted by Gasteiger charge is -2.29. The Bertz CT molecular complexity index is 1130. The molecule has 3 aromatic rings. The van der Waals surface area contributed by atoms with E-state index in [0.717, 1.165) is 34.5 Å². The molecule has 1 unspecified atom stereocenters. The number of likely N-dealkylation sites (tertiary alicyclic amines) is 1. The number of hydrogen-bond acceptors (Lipinski definition) is 3. The molecule has 0 aliphatic carbocycles. The first-order chi connectivity index (χ1) is 15.1. The average Bonchev–Trinajstić information content (AvgIpc) is 3.37. The number of nitrogens with one attached hydrogen (secondary N) is 1. The Morgan fingerprint density at radius 2 is 2.00 bits per heavy atom. The summed E-state index contributed by atoms with van der Waals surface area (Å²) in [4.78, 5) is 29.5. The van der Waals surface area contributed by atoms with Crippen LogP contribution in [0.15, 0.2) is 54.6 Å². The number of hydrogen-bond donors (Lipinski definition) is 1. The smallest absolute Gasteiger partial charge is 0.228 e. The number of halogens is 1. The van der Waals surface area contributed by atoms with E-state index >= 15 is 0 Å². The summed E-state index contributed by atoms with van der Waals surface area (Å²) >= 11 is 6.16. The van der Waals surface area contributed by atoms with E-state index < -0.39 is 0 Å². The molecule has 0 radical (unpaired) electrons. The lowest BCUT2D eigenvalue weighted by Crippen LogP contribution is -2.40. The highest BCUT2D eigenvalue weighted by Crippen LogP contribution is 2.31. The average molecular weight is 435 g/mol. The molecule has 2 aromatic carbocycles. The predicted octanol–water partition coefficient (Wildman–Crippen LogP) is 3.66. The molecule has 1 atom stereocenters. The molecule has 0 spiro atoms. The van der Waals surface area contributed by atoms with Gasteiger partial charge in [-0.05, 0) is 17.7 Å². The topological polar surface area (TPSA) is 69.3 Å². The van der Waals surface area contributed by atoms with Crippen molar-refractivity contribution >= 4 is 23.4 Å². The van der Waals surface area contributed by atoms with E-state index in [1.54, 1.807) is 4.90 Å². The maximum absolute atomic E-state index is 13.3. The van der Waals surface area contributed by atoms with Gasteiger partial charge in [-0.3, -0.25) is 14.7 Å². The largest absolute Gasteiger partial charge is 0.338 e. The second-order valence-corrected chi connectivity index (χ2v) is 8.65. The van der Waals surface area contributed by atoms with Crippen LogP contribution < -0.4 is 0 Å². The molecule has 1 saturated heterocycles. The number of nitrogens with zero attached hydrogens (tertiary/aromatic N) is 3. The van der Waals surface area contributed by atoms with Crippen LogP contribution >= 0.6 is 11.6 Å². The number of rotatable bonds is 4. The lowest BCUT2D eigenvalue weighted by atomic mass is 9.99. The predicted molar refractivity (Wildman–Crippen MR) is 118 cm³/mol. The first-order valence-electron chi connectivity index (χ1n) is 10.5. The first kappa shape index (κ1) is 19.8. The number of carbonyl (C=O) groups is 2. The number of aromatic nitrogens is 2. The molecular weight excluding hydrogens is 412 g/mol. The van der Waals surface area contributed by atoms with Crippen LogP contribution in [0.25, 0.3) is 11.3 Å². The SMILES string of the molecule is O=C1CC(C(=O)N2CCc3[nH]nc(-c4cccc(Cl)c4)c3C2)CN1Cc1ccccc1. The highest BCUT2D eigenvalue weighted by atomic mass is 35.5. The van der Waals surface area contributed by atoms with E-state index in [1.165, 1.54) is 0 Å². The summed E-state index contributed by atoms with van der Waals surface area (Å²) < 4.78 is 0. The van der Waals surface area contributed by atoms with E-state index in [1.807, 2.05) is 59.5 Å². The highest BCUT2D eigenvalue weighted by molar-refractivity contribution is 6.30. The number of aromatic amines is 1. The van der Waals surface area contributed by atoms with Gasteiger partial charge in [-0.1, -0.05) is 54.1 Å². The fourth-order valence-electron chi connectivity index (χ4n) is 4.51. The van der Waals surface area contributed by atoms with E-state index in [4.69, 9.17) is 11.6 Å². The monoisotopic (exact) mass is 434 g/mol. The van der Waals surface area contributed by atoms with Gasteiger partial charge in [-0.25, -0.2) is 0 Å². The van der Waals surface area contributed by atoms with Crippen molar-refractivity contribution in [1.82, 2.24) is 20.0 Å². The van der Waals surface area contributed by atoms with Crippen molar-refractivity contribution in [2.24, 2.45) is 5.92 Å². The van der Waals surface area contributed by atoms with E-state index in [9.17, 15) is 9.59 Å². The molecule has 0 saturated carbocycles. The minimum absolute atomic E-state index is 0.0443. The van der Waals surface area contributed by atoms with Gasteiger partial charge in [-0.15, -0.1) is 0 Å². The molecule has 0 bridgehead atoms. The molecule has 6 nitrogen and oxygen atoms in total. The maximum atomic E-state index is 13.3. The zero-order valence-electron chi connectivity index (χ0n) is 17.1. The van der Waals surface area contributed by atoms with E-state index in [-0.39, 0.29) is 24.2 Å². The Morgan fingerprint density at radius 3 is 2.81 bits per heavy atom. The summed E-state index contributed by atoms with van der Waals surface area (Å²) in [5.74, 6) is -0.199. The van der Waals surface area contributed by atoms with Gasteiger partial charge >= 0.3 is 0 Å². The van der Waals surface area contributed by atoms with Gasteiger partial charge in [0.1, 0.15) is 0 Å². The van der Waals surface area contributed by atoms with Crippen LogP contribution in [-0.4, -0.2) is 44.9 Å². The summed E-state index contributed by atoms with van der Waals surface area (Å²) in [6.45, 7) is 2.15.